The number of alkyl halides is 3. The molecular weight excluding hydrogens is 567 g/mol. The Balaban J connectivity index is 1.51. The van der Waals surface area contributed by atoms with Gasteiger partial charge in [0.15, 0.2) is 0 Å². The SMILES string of the molecule is COCC(O)CN1CCC(Nc2cccc3c2C=C(C#CCNc2ccc(S(C)=O)cc2OC)[C@H](CC(F)(F)F)C3)C1. The molecule has 11 heteroatoms. The number of hydrogen-bond acceptors (Lipinski definition) is 7. The molecule has 228 valence electrons. The molecule has 0 spiro atoms. The summed E-state index contributed by atoms with van der Waals surface area (Å²) in [5, 5.41) is 16.8. The van der Waals surface area contributed by atoms with Gasteiger partial charge < -0.3 is 25.2 Å². The third kappa shape index (κ3) is 8.74. The van der Waals surface area contributed by atoms with Crippen LogP contribution in [0.4, 0.5) is 24.5 Å². The van der Waals surface area contributed by atoms with Gasteiger partial charge in [0.1, 0.15) is 5.75 Å². The van der Waals surface area contributed by atoms with Crippen LogP contribution in [0.3, 0.4) is 0 Å². The maximum absolute atomic E-state index is 13.5. The van der Waals surface area contributed by atoms with Crippen LogP contribution < -0.4 is 15.4 Å². The van der Waals surface area contributed by atoms with Crippen molar-refractivity contribution in [1.29, 1.82) is 0 Å². The molecule has 2 aromatic carbocycles. The summed E-state index contributed by atoms with van der Waals surface area (Å²) in [5.41, 5.74) is 3.72. The lowest BCUT2D eigenvalue weighted by atomic mass is 9.81. The molecule has 4 rings (SSSR count). The standard InChI is InChI=1S/C31H38F3N3O4S/c1-40-20-25(38)19-37-13-11-24(18-37)36-28-8-4-6-22-14-23(17-31(32,33)34)21(15-27(22)28)7-5-12-35-29-10-9-26(42(3)39)16-30(29)41-2/h4,6,8-10,15-16,23-25,35-36,38H,11-14,17-20H2,1-3H3/t23-,24?,25?,42?/m0/s1. The van der Waals surface area contributed by atoms with E-state index in [1.807, 2.05) is 18.2 Å². The third-order valence-electron chi connectivity index (χ3n) is 7.45. The first-order valence-electron chi connectivity index (χ1n) is 13.9. The summed E-state index contributed by atoms with van der Waals surface area (Å²) in [5.74, 6) is 5.76. The highest BCUT2D eigenvalue weighted by Crippen LogP contribution is 2.39. The van der Waals surface area contributed by atoms with Gasteiger partial charge in [0.25, 0.3) is 0 Å². The molecule has 1 aliphatic heterocycles. The van der Waals surface area contributed by atoms with Gasteiger partial charge in [0.2, 0.25) is 0 Å². The summed E-state index contributed by atoms with van der Waals surface area (Å²) < 4.78 is 62.8. The van der Waals surface area contributed by atoms with Gasteiger partial charge in [-0.05, 0) is 48.7 Å². The number of aliphatic hydroxyl groups is 1. The minimum absolute atomic E-state index is 0.151. The number of fused-ring (bicyclic) bond motifs is 1. The normalized spacial score (nSPS) is 20.1. The number of anilines is 2. The average Bonchev–Trinajstić information content (AvgIpc) is 3.37. The Bertz CT molecular complexity index is 1360. The van der Waals surface area contributed by atoms with E-state index in [-0.39, 0.29) is 25.6 Å². The molecule has 1 heterocycles. The first-order chi connectivity index (χ1) is 20.1. The molecule has 2 aliphatic rings. The number of rotatable bonds is 11. The molecule has 3 unspecified atom stereocenters. The van der Waals surface area contributed by atoms with Crippen LogP contribution in [0.15, 0.2) is 46.9 Å². The van der Waals surface area contributed by atoms with E-state index in [2.05, 4.69) is 27.4 Å². The third-order valence-corrected chi connectivity index (χ3v) is 8.36. The molecule has 0 amide bonds. The number of ether oxygens (including phenoxy) is 2. The second kappa shape index (κ2) is 14.4. The lowest BCUT2D eigenvalue weighted by Gasteiger charge is -2.27. The zero-order valence-electron chi connectivity index (χ0n) is 24.1. The van der Waals surface area contributed by atoms with Gasteiger partial charge in [0, 0.05) is 77.5 Å². The molecule has 3 N–H and O–H groups in total. The van der Waals surface area contributed by atoms with E-state index in [9.17, 15) is 22.5 Å². The largest absolute Gasteiger partial charge is 0.495 e. The highest BCUT2D eigenvalue weighted by molar-refractivity contribution is 7.84. The Kier molecular flexibility index (Phi) is 11.0. The molecule has 0 bridgehead atoms. The van der Waals surface area contributed by atoms with Crippen LogP contribution in [0.2, 0.25) is 0 Å². The maximum atomic E-state index is 13.5. The molecule has 1 fully saturated rings. The number of benzene rings is 2. The van der Waals surface area contributed by atoms with Crippen LogP contribution >= 0.6 is 0 Å². The number of allylic oxidation sites excluding steroid dienone is 1. The van der Waals surface area contributed by atoms with Crippen molar-refractivity contribution >= 4 is 28.3 Å². The fraction of sp³-hybridized carbons (Fsp3) is 0.484. The first kappa shape index (κ1) is 31.9. The first-order valence-corrected chi connectivity index (χ1v) is 15.4. The molecule has 4 atom stereocenters. The number of nitrogens with one attached hydrogen (secondary N) is 2. The number of halogens is 3. The summed E-state index contributed by atoms with van der Waals surface area (Å²) in [6, 6.07) is 11.0. The average molecular weight is 606 g/mol. The topological polar surface area (TPSA) is 83.1 Å². The van der Waals surface area contributed by atoms with Crippen molar-refractivity contribution < 1.29 is 32.0 Å². The fourth-order valence-electron chi connectivity index (χ4n) is 5.50. The van der Waals surface area contributed by atoms with Crippen molar-refractivity contribution in [2.45, 2.75) is 42.5 Å². The predicted octanol–water partition coefficient (Wildman–Crippen LogP) is 4.55. The van der Waals surface area contributed by atoms with E-state index in [0.29, 0.717) is 28.5 Å². The fourth-order valence-corrected chi connectivity index (χ4v) is 6.03. The Hall–Kier alpha value is -3.04. The van der Waals surface area contributed by atoms with Gasteiger partial charge >= 0.3 is 6.18 Å². The number of likely N-dealkylation sites (tertiary alicyclic amines) is 1. The molecule has 1 aliphatic carbocycles. The van der Waals surface area contributed by atoms with Gasteiger partial charge in [-0.25, -0.2) is 0 Å². The van der Waals surface area contributed by atoms with Gasteiger partial charge in [-0.1, -0.05) is 24.0 Å². The van der Waals surface area contributed by atoms with Gasteiger partial charge in [-0.3, -0.25) is 9.11 Å². The number of aliphatic hydroxyl groups excluding tert-OH is 1. The monoisotopic (exact) mass is 605 g/mol. The molecular formula is C31H38F3N3O4S. The quantitative estimate of drug-likeness (QED) is 0.324. The number of β-amino-alcohol motifs (C(OH)–C–C–N with tert-alkyl or cyclic N) is 1. The number of hydrogen-bond donors (Lipinski definition) is 3. The van der Waals surface area contributed by atoms with Crippen LogP contribution in [-0.4, -0.2) is 85.8 Å². The van der Waals surface area contributed by atoms with Gasteiger partial charge in [0.05, 0.1) is 38.5 Å². The Morgan fingerprint density at radius 3 is 2.74 bits per heavy atom. The lowest BCUT2D eigenvalue weighted by molar-refractivity contribution is -0.141. The van der Waals surface area contributed by atoms with E-state index in [1.54, 1.807) is 37.6 Å². The summed E-state index contributed by atoms with van der Waals surface area (Å²) >= 11 is 0. The summed E-state index contributed by atoms with van der Waals surface area (Å²) in [4.78, 5) is 2.81. The van der Waals surface area contributed by atoms with Crippen LogP contribution in [0.25, 0.3) is 6.08 Å². The number of nitrogens with zero attached hydrogens (tertiary/aromatic N) is 1. The van der Waals surface area contributed by atoms with E-state index < -0.39 is 35.4 Å². The second-order valence-corrected chi connectivity index (χ2v) is 12.0. The van der Waals surface area contributed by atoms with Crippen LogP contribution in [0.1, 0.15) is 24.0 Å². The van der Waals surface area contributed by atoms with Crippen molar-refractivity contribution in [3.05, 3.63) is 53.1 Å². The smallest absolute Gasteiger partial charge is 0.389 e. The van der Waals surface area contributed by atoms with E-state index in [4.69, 9.17) is 9.47 Å². The van der Waals surface area contributed by atoms with Crippen LogP contribution in [0, 0.1) is 17.8 Å². The Morgan fingerprint density at radius 2 is 2.02 bits per heavy atom. The lowest BCUT2D eigenvalue weighted by Crippen LogP contribution is -2.34. The molecule has 42 heavy (non-hydrogen) atoms. The van der Waals surface area contributed by atoms with Crippen molar-refractivity contribution in [1.82, 2.24) is 4.90 Å². The van der Waals surface area contributed by atoms with Gasteiger partial charge in [-0.2, -0.15) is 13.2 Å². The molecule has 1 saturated heterocycles. The van der Waals surface area contributed by atoms with Crippen LogP contribution in [0.5, 0.6) is 5.75 Å². The van der Waals surface area contributed by atoms with E-state index in [1.165, 1.54) is 7.11 Å². The molecule has 2 aromatic rings. The molecule has 0 radical (unpaired) electrons. The zero-order valence-corrected chi connectivity index (χ0v) is 24.9. The number of methoxy groups -OCH3 is 2. The summed E-state index contributed by atoms with van der Waals surface area (Å²) in [7, 11) is 1.92. The van der Waals surface area contributed by atoms with Gasteiger partial charge in [-0.15, -0.1) is 0 Å². The minimum atomic E-state index is -4.31. The van der Waals surface area contributed by atoms with Crippen molar-refractivity contribution in [2.24, 2.45) is 5.92 Å². The van der Waals surface area contributed by atoms with Crippen molar-refractivity contribution in [2.75, 3.05) is 63.9 Å². The highest BCUT2D eigenvalue weighted by atomic mass is 32.2. The highest BCUT2D eigenvalue weighted by Gasteiger charge is 2.35. The molecule has 0 saturated carbocycles. The maximum Gasteiger partial charge on any atom is 0.389 e. The minimum Gasteiger partial charge on any atom is -0.495 e. The van der Waals surface area contributed by atoms with E-state index in [0.717, 1.165) is 36.3 Å². The Labute approximate surface area is 247 Å². The Morgan fingerprint density at radius 1 is 1.21 bits per heavy atom. The molecule has 0 aromatic heterocycles. The van der Waals surface area contributed by atoms with Crippen LogP contribution in [-0.2, 0) is 22.0 Å². The summed E-state index contributed by atoms with van der Waals surface area (Å²) in [6.45, 7) is 2.59. The zero-order chi connectivity index (χ0) is 30.3. The summed E-state index contributed by atoms with van der Waals surface area (Å²) in [6.07, 6.45) is -1.28. The molecule has 7 nitrogen and oxygen atoms in total. The van der Waals surface area contributed by atoms with E-state index >= 15 is 0 Å². The predicted molar refractivity (Wildman–Crippen MR) is 160 cm³/mol. The second-order valence-electron chi connectivity index (χ2n) is 10.7. The van der Waals surface area contributed by atoms with Crippen molar-refractivity contribution in [3.8, 4) is 17.6 Å². The van der Waals surface area contributed by atoms with Crippen molar-refractivity contribution in [3.63, 3.8) is 0 Å².